The zero-order valence-corrected chi connectivity index (χ0v) is 12.3. The molecule has 5 nitrogen and oxygen atoms in total. The molecule has 0 atom stereocenters. The zero-order chi connectivity index (χ0) is 15.0. The van der Waals surface area contributed by atoms with E-state index < -0.39 is 11.8 Å². The summed E-state index contributed by atoms with van der Waals surface area (Å²) in [6.45, 7) is 4.91. The number of ether oxygens (including phenoxy) is 1. The van der Waals surface area contributed by atoms with Crippen LogP contribution in [-0.4, -0.2) is 38.1 Å². The number of para-hydroxylation sites is 1. The molecule has 5 heteroatoms. The average Bonchev–Trinajstić information content (AvgIpc) is 2.45. The number of nitrogens with zero attached hydrogens (tertiary/aromatic N) is 1. The van der Waals surface area contributed by atoms with Crippen LogP contribution < -0.4 is 10.2 Å². The predicted octanol–water partition coefficient (Wildman–Crippen LogP) is 1.58. The summed E-state index contributed by atoms with van der Waals surface area (Å²) in [4.78, 5) is 24.9. The third-order valence-corrected chi connectivity index (χ3v) is 2.70. The Kier molecular flexibility index (Phi) is 6.73. The Balaban J connectivity index is 2.34. The van der Waals surface area contributed by atoms with Crippen molar-refractivity contribution in [3.8, 4) is 0 Å². The van der Waals surface area contributed by atoms with E-state index in [1.54, 1.807) is 19.2 Å². The zero-order valence-electron chi connectivity index (χ0n) is 12.3. The molecule has 0 radical (unpaired) electrons. The van der Waals surface area contributed by atoms with Crippen molar-refractivity contribution in [1.82, 2.24) is 5.32 Å². The Morgan fingerprint density at radius 3 is 2.50 bits per heavy atom. The first-order valence-corrected chi connectivity index (χ1v) is 6.75. The van der Waals surface area contributed by atoms with E-state index in [2.05, 4.69) is 5.32 Å². The molecule has 1 aromatic rings. The third kappa shape index (κ3) is 5.40. The first-order valence-electron chi connectivity index (χ1n) is 6.75. The quantitative estimate of drug-likeness (QED) is 0.635. The minimum atomic E-state index is -0.596. The van der Waals surface area contributed by atoms with Crippen molar-refractivity contribution < 1.29 is 14.3 Å². The number of hydrogen-bond donors (Lipinski definition) is 1. The van der Waals surface area contributed by atoms with Crippen LogP contribution >= 0.6 is 0 Å². The van der Waals surface area contributed by atoms with E-state index in [-0.39, 0.29) is 6.10 Å². The molecule has 1 rings (SSSR count). The van der Waals surface area contributed by atoms with Crippen molar-refractivity contribution in [1.29, 1.82) is 0 Å². The van der Waals surface area contributed by atoms with Crippen LogP contribution in [0.1, 0.15) is 20.3 Å². The summed E-state index contributed by atoms with van der Waals surface area (Å²) in [5, 5.41) is 2.60. The van der Waals surface area contributed by atoms with Gasteiger partial charge in [0.05, 0.1) is 6.10 Å². The summed E-state index contributed by atoms with van der Waals surface area (Å²) in [7, 11) is 1.58. The molecular formula is C15H22N2O3. The van der Waals surface area contributed by atoms with Gasteiger partial charge in [0.15, 0.2) is 0 Å². The van der Waals surface area contributed by atoms with Gasteiger partial charge in [-0.3, -0.25) is 9.59 Å². The lowest BCUT2D eigenvalue weighted by Gasteiger charge is -2.16. The van der Waals surface area contributed by atoms with Crippen LogP contribution in [0.25, 0.3) is 0 Å². The maximum atomic E-state index is 11.9. The maximum absolute atomic E-state index is 11.9. The first-order chi connectivity index (χ1) is 9.52. The third-order valence-electron chi connectivity index (χ3n) is 2.70. The molecule has 2 amide bonds. The Morgan fingerprint density at radius 2 is 1.90 bits per heavy atom. The van der Waals surface area contributed by atoms with Crippen molar-refractivity contribution in [2.75, 3.05) is 25.1 Å². The molecule has 0 saturated carbocycles. The Hall–Kier alpha value is -1.88. The number of nitrogens with one attached hydrogen (secondary N) is 1. The van der Waals surface area contributed by atoms with E-state index in [0.717, 1.165) is 0 Å². The van der Waals surface area contributed by atoms with Crippen LogP contribution in [0.4, 0.5) is 5.69 Å². The van der Waals surface area contributed by atoms with E-state index >= 15 is 0 Å². The lowest BCUT2D eigenvalue weighted by Crippen LogP contribution is -2.41. The smallest absolute Gasteiger partial charge is 0.316 e. The number of hydrogen-bond acceptors (Lipinski definition) is 3. The highest BCUT2D eigenvalue weighted by molar-refractivity contribution is 6.40. The van der Waals surface area contributed by atoms with Crippen molar-refractivity contribution in [2.24, 2.45) is 0 Å². The van der Waals surface area contributed by atoms with Gasteiger partial charge in [-0.1, -0.05) is 18.2 Å². The molecule has 0 heterocycles. The summed E-state index contributed by atoms with van der Waals surface area (Å²) in [5.41, 5.74) is 0.691. The highest BCUT2D eigenvalue weighted by Crippen LogP contribution is 2.10. The standard InChI is InChI=1S/C15H22N2O3/c1-12(2)20-11-7-10-16-14(18)15(19)17(3)13-8-5-4-6-9-13/h4-6,8-9,12H,7,10-11H2,1-3H3,(H,16,18). The van der Waals surface area contributed by atoms with Crippen molar-refractivity contribution in [3.63, 3.8) is 0 Å². The molecule has 0 fully saturated rings. The summed E-state index contributed by atoms with van der Waals surface area (Å²) in [6.07, 6.45) is 0.864. The number of carbonyl (C=O) groups excluding carboxylic acids is 2. The second-order valence-electron chi connectivity index (χ2n) is 4.73. The maximum Gasteiger partial charge on any atom is 0.316 e. The summed E-state index contributed by atoms with van der Waals surface area (Å²) < 4.78 is 5.35. The number of amides is 2. The predicted molar refractivity (Wildman–Crippen MR) is 78.6 cm³/mol. The number of carbonyl (C=O) groups is 2. The summed E-state index contributed by atoms with van der Waals surface area (Å²) in [5.74, 6) is -1.16. The molecule has 110 valence electrons. The topological polar surface area (TPSA) is 58.6 Å². The van der Waals surface area contributed by atoms with Crippen LogP contribution in [0.3, 0.4) is 0 Å². The molecule has 0 saturated heterocycles. The van der Waals surface area contributed by atoms with Crippen LogP contribution in [0.5, 0.6) is 0 Å². The monoisotopic (exact) mass is 278 g/mol. The van der Waals surface area contributed by atoms with E-state index in [1.807, 2.05) is 32.0 Å². The molecule has 0 spiro atoms. The molecule has 0 aliphatic carbocycles. The van der Waals surface area contributed by atoms with E-state index in [9.17, 15) is 9.59 Å². The molecule has 0 unspecified atom stereocenters. The van der Waals surface area contributed by atoms with Gasteiger partial charge in [0.25, 0.3) is 0 Å². The number of anilines is 1. The number of likely N-dealkylation sites (N-methyl/N-ethyl adjacent to an activating group) is 1. The van der Waals surface area contributed by atoms with Gasteiger partial charge >= 0.3 is 11.8 Å². The van der Waals surface area contributed by atoms with Gasteiger partial charge in [0, 0.05) is 25.9 Å². The Labute approximate surface area is 119 Å². The highest BCUT2D eigenvalue weighted by Gasteiger charge is 2.18. The largest absolute Gasteiger partial charge is 0.379 e. The fourth-order valence-corrected chi connectivity index (χ4v) is 1.59. The van der Waals surface area contributed by atoms with Crippen molar-refractivity contribution >= 4 is 17.5 Å². The molecule has 0 bridgehead atoms. The fraction of sp³-hybridized carbons (Fsp3) is 0.467. The van der Waals surface area contributed by atoms with Gasteiger partial charge in [-0.05, 0) is 32.4 Å². The lowest BCUT2D eigenvalue weighted by molar-refractivity contribution is -0.137. The van der Waals surface area contributed by atoms with Crippen LogP contribution in [0, 0.1) is 0 Å². The Morgan fingerprint density at radius 1 is 1.25 bits per heavy atom. The first kappa shape index (κ1) is 16.2. The van der Waals surface area contributed by atoms with E-state index in [0.29, 0.717) is 25.3 Å². The number of rotatable bonds is 6. The fourth-order valence-electron chi connectivity index (χ4n) is 1.59. The van der Waals surface area contributed by atoms with E-state index in [4.69, 9.17) is 4.74 Å². The van der Waals surface area contributed by atoms with Gasteiger partial charge in [-0.2, -0.15) is 0 Å². The second kappa shape index (κ2) is 8.32. The van der Waals surface area contributed by atoms with Gasteiger partial charge in [0.1, 0.15) is 0 Å². The normalized spacial score (nSPS) is 10.4. The van der Waals surface area contributed by atoms with Gasteiger partial charge in [-0.25, -0.2) is 0 Å². The van der Waals surface area contributed by atoms with Gasteiger partial charge in [0.2, 0.25) is 0 Å². The summed E-state index contributed by atoms with van der Waals surface area (Å²) >= 11 is 0. The summed E-state index contributed by atoms with van der Waals surface area (Å²) in [6, 6.07) is 9.06. The molecule has 0 aliphatic rings. The lowest BCUT2D eigenvalue weighted by atomic mass is 10.3. The molecule has 0 aliphatic heterocycles. The molecule has 0 aromatic heterocycles. The van der Waals surface area contributed by atoms with Crippen LogP contribution in [0.2, 0.25) is 0 Å². The SMILES string of the molecule is CC(C)OCCCNC(=O)C(=O)N(C)c1ccccc1. The average molecular weight is 278 g/mol. The minimum Gasteiger partial charge on any atom is -0.379 e. The second-order valence-corrected chi connectivity index (χ2v) is 4.73. The van der Waals surface area contributed by atoms with Crippen LogP contribution in [0.15, 0.2) is 30.3 Å². The molecule has 1 N–H and O–H groups in total. The Bertz CT molecular complexity index is 432. The minimum absolute atomic E-state index is 0.177. The molecular weight excluding hydrogens is 256 g/mol. The molecule has 20 heavy (non-hydrogen) atoms. The molecule has 1 aromatic carbocycles. The van der Waals surface area contributed by atoms with Gasteiger partial charge < -0.3 is 15.0 Å². The van der Waals surface area contributed by atoms with Crippen molar-refractivity contribution in [3.05, 3.63) is 30.3 Å². The van der Waals surface area contributed by atoms with Crippen molar-refractivity contribution in [2.45, 2.75) is 26.4 Å². The van der Waals surface area contributed by atoms with Crippen LogP contribution in [-0.2, 0) is 14.3 Å². The number of benzene rings is 1. The van der Waals surface area contributed by atoms with Gasteiger partial charge in [-0.15, -0.1) is 0 Å². The van der Waals surface area contributed by atoms with E-state index in [1.165, 1.54) is 4.90 Å². The highest BCUT2D eigenvalue weighted by atomic mass is 16.5.